The number of nitriles is 1. The van der Waals surface area contributed by atoms with E-state index in [0.717, 1.165) is 5.75 Å². The first kappa shape index (κ1) is 21.8. The van der Waals surface area contributed by atoms with Crippen LogP contribution in [-0.4, -0.2) is 46.2 Å². The maximum absolute atomic E-state index is 12.2. The molecule has 9 heteroatoms. The van der Waals surface area contributed by atoms with E-state index in [9.17, 15) is 10.1 Å². The first-order valence-corrected chi connectivity index (χ1v) is 10.3. The minimum atomic E-state index is -0.223. The number of imidazole rings is 1. The molecule has 0 spiro atoms. The minimum Gasteiger partial charge on any atom is -0.495 e. The number of hydrogen-bond donors (Lipinski definition) is 0. The van der Waals surface area contributed by atoms with Gasteiger partial charge in [0.15, 0.2) is 17.2 Å². The predicted octanol–water partition coefficient (Wildman–Crippen LogP) is 3.74. The molecule has 0 saturated heterocycles. The molecule has 0 fully saturated rings. The summed E-state index contributed by atoms with van der Waals surface area (Å²) in [5, 5.41) is 9.83. The molecule has 0 aliphatic heterocycles. The number of anilines is 1. The van der Waals surface area contributed by atoms with Crippen LogP contribution in [0.3, 0.4) is 0 Å². The number of fused-ring (bicyclic) bond motifs is 1. The highest BCUT2D eigenvalue weighted by molar-refractivity contribution is 5.93. The number of nitrogens with zero attached hydrogens (tertiary/aromatic N) is 6. The lowest BCUT2D eigenvalue weighted by molar-refractivity contribution is -0.116. The van der Waals surface area contributed by atoms with Gasteiger partial charge in [0.05, 0.1) is 19.4 Å². The molecule has 2 aromatic heterocycles. The van der Waals surface area contributed by atoms with Gasteiger partial charge in [-0.2, -0.15) is 5.26 Å². The second-order valence-corrected chi connectivity index (χ2v) is 7.13. The van der Waals surface area contributed by atoms with Crippen LogP contribution in [0.4, 0.5) is 5.95 Å². The summed E-state index contributed by atoms with van der Waals surface area (Å²) in [5.74, 6) is 1.73. The molecule has 1 amide bonds. The summed E-state index contributed by atoms with van der Waals surface area (Å²) in [5.41, 5.74) is 2.13. The molecule has 0 aliphatic rings. The van der Waals surface area contributed by atoms with Crippen LogP contribution in [0.5, 0.6) is 11.5 Å². The van der Waals surface area contributed by atoms with Gasteiger partial charge in [-0.3, -0.25) is 14.3 Å². The Labute approximate surface area is 190 Å². The molecule has 0 bridgehead atoms. The van der Waals surface area contributed by atoms with Gasteiger partial charge < -0.3 is 9.47 Å². The second-order valence-electron chi connectivity index (χ2n) is 7.13. The van der Waals surface area contributed by atoms with Crippen molar-refractivity contribution in [3.8, 4) is 34.6 Å². The van der Waals surface area contributed by atoms with Crippen LogP contribution in [0.2, 0.25) is 0 Å². The summed E-state index contributed by atoms with van der Waals surface area (Å²) in [7, 11) is 3.18. The summed E-state index contributed by atoms with van der Waals surface area (Å²) < 4.78 is 12.8. The number of para-hydroxylation sites is 2. The third-order valence-electron chi connectivity index (χ3n) is 5.12. The third kappa shape index (κ3) is 3.94. The molecule has 0 atom stereocenters. The Morgan fingerprint density at radius 1 is 1.12 bits per heavy atom. The van der Waals surface area contributed by atoms with Crippen molar-refractivity contribution in [2.45, 2.75) is 13.8 Å². The maximum atomic E-state index is 12.2. The van der Waals surface area contributed by atoms with Crippen molar-refractivity contribution >= 4 is 23.0 Å². The monoisotopic (exact) mass is 442 g/mol. The quantitative estimate of drug-likeness (QED) is 0.448. The number of ether oxygens (including phenoxy) is 2. The van der Waals surface area contributed by atoms with E-state index in [1.807, 2.05) is 49.4 Å². The Hall–Kier alpha value is -4.45. The molecule has 9 nitrogen and oxygen atoms in total. The van der Waals surface area contributed by atoms with E-state index in [2.05, 4.69) is 16.0 Å². The molecule has 0 N–H and O–H groups in total. The summed E-state index contributed by atoms with van der Waals surface area (Å²) in [6.07, 6.45) is 0. The standard InChI is InChI=1S/C24H22N6O3/c1-5-33-17-12-10-16(11-13-17)22-26-18(14-25)21-23(28-22)30(24(27-21)29(3)15(2)31)19-8-6-7-9-20(19)32-4/h6-13H,5H2,1-4H3. The number of benzene rings is 2. The lowest BCUT2D eigenvalue weighted by atomic mass is 10.2. The van der Waals surface area contributed by atoms with Crippen LogP contribution < -0.4 is 14.4 Å². The third-order valence-corrected chi connectivity index (χ3v) is 5.12. The minimum absolute atomic E-state index is 0.107. The van der Waals surface area contributed by atoms with E-state index in [1.165, 1.54) is 11.8 Å². The van der Waals surface area contributed by atoms with Crippen molar-refractivity contribution < 1.29 is 14.3 Å². The molecule has 2 aromatic carbocycles. The molecule has 0 radical (unpaired) electrons. The van der Waals surface area contributed by atoms with Crippen LogP contribution in [0, 0.1) is 11.3 Å². The lowest BCUT2D eigenvalue weighted by Crippen LogP contribution is -2.26. The molecule has 33 heavy (non-hydrogen) atoms. The van der Waals surface area contributed by atoms with Gasteiger partial charge in [0.25, 0.3) is 0 Å². The molecule has 0 saturated carbocycles. The van der Waals surface area contributed by atoms with Gasteiger partial charge in [0.1, 0.15) is 23.1 Å². The summed E-state index contributed by atoms with van der Waals surface area (Å²) in [6, 6.07) is 16.8. The fraction of sp³-hybridized carbons (Fsp3) is 0.208. The lowest BCUT2D eigenvalue weighted by Gasteiger charge is -2.18. The average Bonchev–Trinajstić information content (AvgIpc) is 3.22. The van der Waals surface area contributed by atoms with E-state index in [0.29, 0.717) is 46.5 Å². The maximum Gasteiger partial charge on any atom is 0.225 e. The van der Waals surface area contributed by atoms with Gasteiger partial charge in [0, 0.05) is 19.5 Å². The second kappa shape index (κ2) is 8.96. The first-order valence-electron chi connectivity index (χ1n) is 10.3. The van der Waals surface area contributed by atoms with Gasteiger partial charge in [0.2, 0.25) is 11.9 Å². The van der Waals surface area contributed by atoms with Crippen LogP contribution in [0.15, 0.2) is 48.5 Å². The smallest absolute Gasteiger partial charge is 0.225 e. The van der Waals surface area contributed by atoms with Gasteiger partial charge in [-0.05, 0) is 43.3 Å². The number of aromatic nitrogens is 4. The highest BCUT2D eigenvalue weighted by atomic mass is 16.5. The molecule has 0 aliphatic carbocycles. The molecular formula is C24H22N6O3. The van der Waals surface area contributed by atoms with Crippen molar-refractivity contribution in [2.24, 2.45) is 0 Å². The number of methoxy groups -OCH3 is 1. The largest absolute Gasteiger partial charge is 0.495 e. The molecular weight excluding hydrogens is 420 g/mol. The van der Waals surface area contributed by atoms with E-state index in [4.69, 9.17) is 14.5 Å². The molecule has 4 rings (SSSR count). The SMILES string of the molecule is CCOc1ccc(-c2nc(C#N)c3nc(N(C)C(C)=O)n(-c4ccccc4OC)c3n2)cc1. The summed E-state index contributed by atoms with van der Waals surface area (Å²) in [4.78, 5) is 27.4. The van der Waals surface area contributed by atoms with Crippen LogP contribution in [0.1, 0.15) is 19.5 Å². The Kier molecular flexibility index (Phi) is 5.91. The van der Waals surface area contributed by atoms with Gasteiger partial charge in [-0.1, -0.05) is 12.1 Å². The van der Waals surface area contributed by atoms with Crippen LogP contribution in [-0.2, 0) is 4.79 Å². The molecule has 2 heterocycles. The number of carbonyl (C=O) groups excluding carboxylic acids is 1. The highest BCUT2D eigenvalue weighted by Gasteiger charge is 2.24. The van der Waals surface area contributed by atoms with Crippen molar-refractivity contribution in [3.05, 3.63) is 54.2 Å². The Morgan fingerprint density at radius 3 is 2.48 bits per heavy atom. The molecule has 166 valence electrons. The number of rotatable bonds is 6. The van der Waals surface area contributed by atoms with Crippen molar-refractivity contribution in [2.75, 3.05) is 25.7 Å². The van der Waals surface area contributed by atoms with Crippen molar-refractivity contribution in [1.29, 1.82) is 5.26 Å². The predicted molar refractivity (Wildman–Crippen MR) is 124 cm³/mol. The van der Waals surface area contributed by atoms with Crippen LogP contribution >= 0.6 is 0 Å². The molecule has 0 unspecified atom stereocenters. The fourth-order valence-electron chi connectivity index (χ4n) is 3.42. The van der Waals surface area contributed by atoms with Crippen LogP contribution in [0.25, 0.3) is 28.2 Å². The van der Waals surface area contributed by atoms with Gasteiger partial charge >= 0.3 is 0 Å². The first-order chi connectivity index (χ1) is 16.0. The van der Waals surface area contributed by atoms with E-state index in [1.54, 1.807) is 24.8 Å². The number of hydrogen-bond acceptors (Lipinski definition) is 7. The number of carbonyl (C=O) groups is 1. The van der Waals surface area contributed by atoms with Crippen molar-refractivity contribution in [3.63, 3.8) is 0 Å². The van der Waals surface area contributed by atoms with E-state index < -0.39 is 0 Å². The molecule has 4 aromatic rings. The normalized spacial score (nSPS) is 10.6. The fourth-order valence-corrected chi connectivity index (χ4v) is 3.42. The van der Waals surface area contributed by atoms with E-state index in [-0.39, 0.29) is 11.6 Å². The zero-order chi connectivity index (χ0) is 23.5. The zero-order valence-electron chi connectivity index (χ0n) is 18.7. The Balaban J connectivity index is 2.02. The van der Waals surface area contributed by atoms with Gasteiger partial charge in [-0.25, -0.2) is 15.0 Å². The Morgan fingerprint density at radius 2 is 1.85 bits per heavy atom. The summed E-state index contributed by atoms with van der Waals surface area (Å²) >= 11 is 0. The average molecular weight is 442 g/mol. The van der Waals surface area contributed by atoms with E-state index >= 15 is 0 Å². The highest BCUT2D eigenvalue weighted by Crippen LogP contribution is 2.33. The summed E-state index contributed by atoms with van der Waals surface area (Å²) in [6.45, 7) is 3.91. The number of amides is 1. The Bertz CT molecular complexity index is 1370. The van der Waals surface area contributed by atoms with Gasteiger partial charge in [-0.15, -0.1) is 0 Å². The van der Waals surface area contributed by atoms with Crippen molar-refractivity contribution in [1.82, 2.24) is 19.5 Å². The zero-order valence-corrected chi connectivity index (χ0v) is 18.7. The topological polar surface area (TPSA) is 106 Å².